The Balaban J connectivity index is 1.98. The van der Waals surface area contributed by atoms with E-state index in [0.717, 1.165) is 12.4 Å². The maximum absolute atomic E-state index is 4.21. The second-order valence-corrected chi connectivity index (χ2v) is 3.60. The monoisotopic (exact) mass is 197 g/mol. The van der Waals surface area contributed by atoms with E-state index in [1.165, 1.54) is 10.8 Å². The Kier molecular flexibility index (Phi) is 1.81. The van der Waals surface area contributed by atoms with Crippen LogP contribution in [0, 0.1) is 0 Å². The molecule has 74 valence electrons. The summed E-state index contributed by atoms with van der Waals surface area (Å²) in [6.07, 6.45) is 7.90. The molecule has 3 heteroatoms. The Labute approximate surface area is 87.4 Å². The van der Waals surface area contributed by atoms with E-state index in [1.807, 2.05) is 6.20 Å². The summed E-state index contributed by atoms with van der Waals surface area (Å²) in [5.41, 5.74) is 0. The van der Waals surface area contributed by atoms with Gasteiger partial charge in [-0.15, -0.1) is 0 Å². The van der Waals surface area contributed by atoms with Gasteiger partial charge in [-0.05, 0) is 10.8 Å². The molecule has 0 fully saturated rings. The third-order valence-corrected chi connectivity index (χ3v) is 2.49. The summed E-state index contributed by atoms with van der Waals surface area (Å²) in [5.74, 6) is 0.982. The van der Waals surface area contributed by atoms with Crippen LogP contribution in [-0.4, -0.2) is 14.5 Å². The molecule has 3 nitrogen and oxygen atoms in total. The fourth-order valence-electron chi connectivity index (χ4n) is 1.79. The Bertz CT molecular complexity index is 530. The number of aromatic amines is 1. The van der Waals surface area contributed by atoms with Crippen LogP contribution in [0.5, 0.6) is 0 Å². The molecule has 0 bridgehead atoms. The number of nitrogens with one attached hydrogen (secondary N) is 1. The molecular formula is C12H11N3. The van der Waals surface area contributed by atoms with E-state index in [0.29, 0.717) is 0 Å². The molecule has 0 radical (unpaired) electrons. The van der Waals surface area contributed by atoms with E-state index in [1.54, 1.807) is 6.20 Å². The average Bonchev–Trinajstić information content (AvgIpc) is 2.86. The van der Waals surface area contributed by atoms with Gasteiger partial charge in [-0.3, -0.25) is 0 Å². The van der Waals surface area contributed by atoms with Crippen LogP contribution < -0.4 is 0 Å². The van der Waals surface area contributed by atoms with Crippen molar-refractivity contribution in [1.82, 2.24) is 14.5 Å². The van der Waals surface area contributed by atoms with Gasteiger partial charge in [-0.2, -0.15) is 0 Å². The number of H-pyrrole nitrogens is 1. The summed E-state index contributed by atoms with van der Waals surface area (Å²) in [5, 5.41) is 2.54. The smallest absolute Gasteiger partial charge is 0.126 e. The number of aromatic nitrogens is 3. The maximum Gasteiger partial charge on any atom is 0.126 e. The Morgan fingerprint density at radius 2 is 1.87 bits per heavy atom. The third kappa shape index (κ3) is 1.52. The average molecular weight is 197 g/mol. The summed E-state index contributed by atoms with van der Waals surface area (Å²) in [6, 6.07) is 8.35. The lowest BCUT2D eigenvalue weighted by Crippen LogP contribution is -1.97. The normalized spacial score (nSPS) is 10.9. The molecule has 3 rings (SSSR count). The van der Waals surface area contributed by atoms with Crippen molar-refractivity contribution in [2.24, 2.45) is 0 Å². The number of imidazole rings is 1. The van der Waals surface area contributed by atoms with E-state index in [-0.39, 0.29) is 0 Å². The van der Waals surface area contributed by atoms with Gasteiger partial charge in [0.15, 0.2) is 0 Å². The Morgan fingerprint density at radius 1 is 1.13 bits per heavy atom. The lowest BCUT2D eigenvalue weighted by Gasteiger charge is -1.97. The van der Waals surface area contributed by atoms with Crippen molar-refractivity contribution < 1.29 is 0 Å². The molecule has 1 N–H and O–H groups in total. The fourth-order valence-corrected chi connectivity index (χ4v) is 1.79. The van der Waals surface area contributed by atoms with Crippen LogP contribution in [0.4, 0.5) is 0 Å². The molecular weight excluding hydrogens is 186 g/mol. The summed E-state index contributed by atoms with van der Waals surface area (Å²) < 4.78 is 2.14. The largest absolute Gasteiger partial charge is 0.347 e. The fraction of sp³-hybridized carbons (Fsp3) is 0.0833. The van der Waals surface area contributed by atoms with Crippen molar-refractivity contribution in [2.45, 2.75) is 6.54 Å². The van der Waals surface area contributed by atoms with Crippen LogP contribution in [0.2, 0.25) is 0 Å². The van der Waals surface area contributed by atoms with E-state index >= 15 is 0 Å². The Hall–Kier alpha value is -2.03. The minimum absolute atomic E-state index is 0.793. The van der Waals surface area contributed by atoms with Gasteiger partial charge in [-0.25, -0.2) is 4.98 Å². The van der Waals surface area contributed by atoms with Crippen LogP contribution in [-0.2, 0) is 6.54 Å². The van der Waals surface area contributed by atoms with E-state index in [2.05, 4.69) is 51.2 Å². The molecule has 0 unspecified atom stereocenters. The zero-order valence-corrected chi connectivity index (χ0v) is 8.22. The highest BCUT2D eigenvalue weighted by Crippen LogP contribution is 2.14. The molecule has 0 aliphatic heterocycles. The second-order valence-electron chi connectivity index (χ2n) is 3.60. The van der Waals surface area contributed by atoms with Gasteiger partial charge in [0, 0.05) is 24.8 Å². The van der Waals surface area contributed by atoms with Gasteiger partial charge < -0.3 is 9.55 Å². The summed E-state index contributed by atoms with van der Waals surface area (Å²) in [6.45, 7) is 0.793. The molecule has 0 aliphatic carbocycles. The first kappa shape index (κ1) is 8.29. The number of rotatable bonds is 2. The highest BCUT2D eigenvalue weighted by molar-refractivity contribution is 5.82. The van der Waals surface area contributed by atoms with Gasteiger partial charge in [0.05, 0.1) is 6.54 Å². The maximum atomic E-state index is 4.21. The van der Waals surface area contributed by atoms with Crippen molar-refractivity contribution in [2.75, 3.05) is 0 Å². The van der Waals surface area contributed by atoms with Crippen LogP contribution in [0.25, 0.3) is 10.8 Å². The molecule has 0 saturated heterocycles. The number of hydrogen-bond donors (Lipinski definition) is 1. The van der Waals surface area contributed by atoms with Gasteiger partial charge in [0.2, 0.25) is 0 Å². The third-order valence-electron chi connectivity index (χ3n) is 2.49. The molecule has 0 spiro atoms. The number of benzene rings is 1. The zero-order chi connectivity index (χ0) is 10.1. The first-order valence-electron chi connectivity index (χ1n) is 4.94. The van der Waals surface area contributed by atoms with Crippen molar-refractivity contribution >= 4 is 10.8 Å². The molecule has 0 aliphatic rings. The predicted molar refractivity (Wildman–Crippen MR) is 59.6 cm³/mol. The van der Waals surface area contributed by atoms with Gasteiger partial charge >= 0.3 is 0 Å². The lowest BCUT2D eigenvalue weighted by atomic mass is 10.2. The van der Waals surface area contributed by atoms with Gasteiger partial charge in [-0.1, -0.05) is 24.3 Å². The first-order valence-corrected chi connectivity index (χ1v) is 4.94. The van der Waals surface area contributed by atoms with Crippen LogP contribution in [0.3, 0.4) is 0 Å². The minimum atomic E-state index is 0.793. The number of fused-ring (bicyclic) bond motifs is 1. The van der Waals surface area contributed by atoms with Crippen LogP contribution in [0.1, 0.15) is 5.82 Å². The quantitative estimate of drug-likeness (QED) is 0.672. The highest BCUT2D eigenvalue weighted by Gasteiger charge is 1.99. The van der Waals surface area contributed by atoms with Gasteiger partial charge in [0.25, 0.3) is 0 Å². The molecule has 0 amide bonds. The first-order chi connectivity index (χ1) is 7.42. The zero-order valence-electron chi connectivity index (χ0n) is 8.22. The van der Waals surface area contributed by atoms with Crippen molar-refractivity contribution in [3.05, 3.63) is 54.9 Å². The van der Waals surface area contributed by atoms with Crippen LogP contribution >= 0.6 is 0 Å². The minimum Gasteiger partial charge on any atom is -0.347 e. The molecule has 3 aromatic rings. The predicted octanol–water partition coefficient (Wildman–Crippen LogP) is 2.41. The van der Waals surface area contributed by atoms with Crippen LogP contribution in [0.15, 0.2) is 49.1 Å². The lowest BCUT2D eigenvalue weighted by molar-refractivity contribution is 0.765. The number of nitrogens with zero attached hydrogens (tertiary/aromatic N) is 2. The summed E-state index contributed by atoms with van der Waals surface area (Å²) >= 11 is 0. The summed E-state index contributed by atoms with van der Waals surface area (Å²) in [7, 11) is 0. The van der Waals surface area contributed by atoms with Crippen molar-refractivity contribution in [3.8, 4) is 0 Å². The SMILES string of the molecule is c1ccc2cn(Cc3ncc[nH]3)cc2c1. The molecule has 0 atom stereocenters. The molecule has 1 aromatic carbocycles. The second kappa shape index (κ2) is 3.28. The van der Waals surface area contributed by atoms with Crippen molar-refractivity contribution in [1.29, 1.82) is 0 Å². The van der Waals surface area contributed by atoms with E-state index in [9.17, 15) is 0 Å². The molecule has 0 saturated carbocycles. The Morgan fingerprint density at radius 3 is 2.47 bits per heavy atom. The van der Waals surface area contributed by atoms with E-state index in [4.69, 9.17) is 0 Å². The highest BCUT2D eigenvalue weighted by atomic mass is 15.0. The van der Waals surface area contributed by atoms with Gasteiger partial charge in [0.1, 0.15) is 5.82 Å². The van der Waals surface area contributed by atoms with Crippen molar-refractivity contribution in [3.63, 3.8) is 0 Å². The standard InChI is InChI=1S/C12H11N3/c1-2-4-11-8-15(7-10(11)3-1)9-12-13-5-6-14-12/h1-8H,9H2,(H,13,14). The molecule has 2 aromatic heterocycles. The van der Waals surface area contributed by atoms with E-state index < -0.39 is 0 Å². The topological polar surface area (TPSA) is 33.6 Å². The molecule has 2 heterocycles. The number of hydrogen-bond acceptors (Lipinski definition) is 1. The molecule has 15 heavy (non-hydrogen) atoms. The summed E-state index contributed by atoms with van der Waals surface area (Å²) in [4.78, 5) is 7.30.